The Kier molecular flexibility index (Phi) is 5.67. The molecule has 2 aromatic carbocycles. The van der Waals surface area contributed by atoms with Crippen molar-refractivity contribution in [3.63, 3.8) is 0 Å². The molecule has 0 radical (unpaired) electrons. The van der Waals surface area contributed by atoms with Crippen LogP contribution in [0.25, 0.3) is 0 Å². The number of likely N-dealkylation sites (tertiary alicyclic amines) is 1. The van der Waals surface area contributed by atoms with Gasteiger partial charge in [0.2, 0.25) is 10.0 Å². The zero-order valence-electron chi connectivity index (χ0n) is 15.0. The summed E-state index contributed by atoms with van der Waals surface area (Å²) < 4.78 is 32.0. The SMILES string of the molecule is CNS(=O)(=O)c1cccc(C(=O)N2CCC(Oc3cccc(O)c3)CC2)c1. The van der Waals surface area contributed by atoms with E-state index >= 15 is 0 Å². The summed E-state index contributed by atoms with van der Waals surface area (Å²) >= 11 is 0. The summed E-state index contributed by atoms with van der Waals surface area (Å²) in [6.45, 7) is 1.04. The van der Waals surface area contributed by atoms with E-state index in [1.54, 1.807) is 41.3 Å². The number of aromatic hydroxyl groups is 1. The number of hydrogen-bond acceptors (Lipinski definition) is 5. The van der Waals surface area contributed by atoms with Crippen LogP contribution >= 0.6 is 0 Å². The van der Waals surface area contributed by atoms with E-state index in [-0.39, 0.29) is 22.7 Å². The number of hydrogen-bond donors (Lipinski definition) is 2. The molecule has 0 spiro atoms. The maximum Gasteiger partial charge on any atom is 0.253 e. The third-order valence-corrected chi connectivity index (χ3v) is 5.92. The van der Waals surface area contributed by atoms with Gasteiger partial charge in [0.05, 0.1) is 4.90 Å². The van der Waals surface area contributed by atoms with Crippen molar-refractivity contribution >= 4 is 15.9 Å². The first-order chi connectivity index (χ1) is 12.9. The van der Waals surface area contributed by atoms with Crippen LogP contribution in [-0.2, 0) is 10.0 Å². The number of amides is 1. The van der Waals surface area contributed by atoms with E-state index in [1.807, 2.05) is 0 Å². The summed E-state index contributed by atoms with van der Waals surface area (Å²) in [5.41, 5.74) is 0.346. The molecule has 8 heteroatoms. The fourth-order valence-electron chi connectivity index (χ4n) is 3.02. The van der Waals surface area contributed by atoms with Crippen molar-refractivity contribution in [1.29, 1.82) is 0 Å². The monoisotopic (exact) mass is 390 g/mol. The lowest BCUT2D eigenvalue weighted by molar-refractivity contribution is 0.0595. The molecule has 1 aliphatic rings. The number of carbonyl (C=O) groups excluding carboxylic acids is 1. The van der Waals surface area contributed by atoms with Crippen LogP contribution in [0.15, 0.2) is 53.4 Å². The topological polar surface area (TPSA) is 95.9 Å². The molecule has 0 bridgehead atoms. The van der Waals surface area contributed by atoms with E-state index in [0.717, 1.165) is 0 Å². The summed E-state index contributed by atoms with van der Waals surface area (Å²) in [6.07, 6.45) is 1.29. The smallest absolute Gasteiger partial charge is 0.253 e. The molecular weight excluding hydrogens is 368 g/mol. The molecule has 0 saturated carbocycles. The summed E-state index contributed by atoms with van der Waals surface area (Å²) in [4.78, 5) is 14.5. The molecule has 144 valence electrons. The number of phenols is 1. The molecule has 1 saturated heterocycles. The van der Waals surface area contributed by atoms with Crippen LogP contribution < -0.4 is 9.46 Å². The Hall–Kier alpha value is -2.58. The molecule has 27 heavy (non-hydrogen) atoms. The third-order valence-electron chi connectivity index (χ3n) is 4.51. The van der Waals surface area contributed by atoms with Crippen molar-refractivity contribution < 1.29 is 23.1 Å². The maximum atomic E-state index is 12.7. The maximum absolute atomic E-state index is 12.7. The van der Waals surface area contributed by atoms with Gasteiger partial charge in [-0.3, -0.25) is 4.79 Å². The van der Waals surface area contributed by atoms with Gasteiger partial charge in [-0.15, -0.1) is 0 Å². The predicted octanol–water partition coefficient (Wildman–Crippen LogP) is 1.98. The third kappa shape index (κ3) is 4.58. The molecule has 3 rings (SSSR count). The fraction of sp³-hybridized carbons (Fsp3) is 0.316. The largest absolute Gasteiger partial charge is 0.508 e. The molecule has 1 heterocycles. The summed E-state index contributed by atoms with van der Waals surface area (Å²) in [7, 11) is -2.26. The first-order valence-electron chi connectivity index (χ1n) is 8.67. The van der Waals surface area contributed by atoms with Gasteiger partial charge in [-0.05, 0) is 37.4 Å². The summed E-state index contributed by atoms with van der Waals surface area (Å²) in [5, 5.41) is 9.50. The number of benzene rings is 2. The van der Waals surface area contributed by atoms with Crippen LogP contribution in [-0.4, -0.2) is 50.6 Å². The Labute approximate surface area is 158 Å². The molecule has 1 fully saturated rings. The van der Waals surface area contributed by atoms with Gasteiger partial charge in [-0.2, -0.15) is 0 Å². The van der Waals surface area contributed by atoms with Crippen LogP contribution in [0.5, 0.6) is 11.5 Å². The van der Waals surface area contributed by atoms with Crippen LogP contribution in [0.4, 0.5) is 0 Å². The standard InChI is InChI=1S/C19H22N2O5S/c1-20-27(24,25)18-7-2-4-14(12-18)19(23)21-10-8-16(9-11-21)26-17-6-3-5-15(22)13-17/h2-7,12-13,16,20,22H,8-11H2,1H3. The highest BCUT2D eigenvalue weighted by molar-refractivity contribution is 7.89. The second-order valence-corrected chi connectivity index (χ2v) is 8.23. The van der Waals surface area contributed by atoms with Crippen LogP contribution in [0.2, 0.25) is 0 Å². The van der Waals surface area contributed by atoms with Gasteiger partial charge in [0.1, 0.15) is 17.6 Å². The van der Waals surface area contributed by atoms with Crippen molar-refractivity contribution in [2.75, 3.05) is 20.1 Å². The Balaban J connectivity index is 1.63. The van der Waals surface area contributed by atoms with Crippen molar-refractivity contribution in [2.45, 2.75) is 23.8 Å². The van der Waals surface area contributed by atoms with E-state index in [4.69, 9.17) is 4.74 Å². The van der Waals surface area contributed by atoms with Gasteiger partial charge in [0.15, 0.2) is 0 Å². The minimum Gasteiger partial charge on any atom is -0.508 e. The highest BCUT2D eigenvalue weighted by atomic mass is 32.2. The normalized spacial score (nSPS) is 15.5. The van der Waals surface area contributed by atoms with E-state index in [2.05, 4.69) is 4.72 Å². The minimum atomic E-state index is -3.59. The number of nitrogens with one attached hydrogen (secondary N) is 1. The van der Waals surface area contributed by atoms with Gasteiger partial charge >= 0.3 is 0 Å². The predicted molar refractivity (Wildman–Crippen MR) is 100 cm³/mol. The lowest BCUT2D eigenvalue weighted by Gasteiger charge is -2.32. The lowest BCUT2D eigenvalue weighted by Crippen LogP contribution is -2.41. The second kappa shape index (κ2) is 7.98. The number of phenolic OH excluding ortho intramolecular Hbond substituents is 1. The average molecular weight is 390 g/mol. The van der Waals surface area contributed by atoms with Crippen LogP contribution in [0.1, 0.15) is 23.2 Å². The molecule has 7 nitrogen and oxygen atoms in total. The van der Waals surface area contributed by atoms with Gasteiger partial charge < -0.3 is 14.7 Å². The van der Waals surface area contributed by atoms with Gasteiger partial charge in [0.25, 0.3) is 5.91 Å². The van der Waals surface area contributed by atoms with Gasteiger partial charge in [-0.1, -0.05) is 12.1 Å². The molecule has 1 aliphatic heterocycles. The van der Waals surface area contributed by atoms with Crippen LogP contribution in [0.3, 0.4) is 0 Å². The molecular formula is C19H22N2O5S. The molecule has 0 aromatic heterocycles. The molecule has 0 aliphatic carbocycles. The van der Waals surface area contributed by atoms with E-state index < -0.39 is 10.0 Å². The number of rotatable bonds is 5. The molecule has 2 aromatic rings. The van der Waals surface area contributed by atoms with E-state index in [1.165, 1.54) is 19.2 Å². The summed E-state index contributed by atoms with van der Waals surface area (Å²) in [6, 6.07) is 12.7. The van der Waals surface area contributed by atoms with Gasteiger partial charge in [-0.25, -0.2) is 13.1 Å². The first kappa shape index (κ1) is 19.2. The van der Waals surface area contributed by atoms with Crippen molar-refractivity contribution in [1.82, 2.24) is 9.62 Å². The zero-order chi connectivity index (χ0) is 19.4. The second-order valence-electron chi connectivity index (χ2n) is 6.34. The highest BCUT2D eigenvalue weighted by Crippen LogP contribution is 2.23. The first-order valence-corrected chi connectivity index (χ1v) is 10.2. The quantitative estimate of drug-likeness (QED) is 0.814. The minimum absolute atomic E-state index is 0.0353. The van der Waals surface area contributed by atoms with E-state index in [9.17, 15) is 18.3 Å². The number of carbonyl (C=O) groups is 1. The van der Waals surface area contributed by atoms with Crippen molar-refractivity contribution in [3.8, 4) is 11.5 Å². The Morgan fingerprint density at radius 2 is 1.85 bits per heavy atom. The van der Waals surface area contributed by atoms with Crippen molar-refractivity contribution in [2.24, 2.45) is 0 Å². The average Bonchev–Trinajstić information content (AvgIpc) is 2.68. The Morgan fingerprint density at radius 3 is 2.52 bits per heavy atom. The number of piperidine rings is 1. The fourth-order valence-corrected chi connectivity index (χ4v) is 3.80. The number of ether oxygens (including phenoxy) is 1. The zero-order valence-corrected chi connectivity index (χ0v) is 15.8. The molecule has 0 unspecified atom stereocenters. The van der Waals surface area contributed by atoms with Gasteiger partial charge in [0, 0.05) is 37.6 Å². The lowest BCUT2D eigenvalue weighted by atomic mass is 10.1. The molecule has 1 amide bonds. The number of sulfonamides is 1. The summed E-state index contributed by atoms with van der Waals surface area (Å²) in [5.74, 6) is 0.556. The van der Waals surface area contributed by atoms with Crippen molar-refractivity contribution in [3.05, 3.63) is 54.1 Å². The Morgan fingerprint density at radius 1 is 1.15 bits per heavy atom. The van der Waals surface area contributed by atoms with E-state index in [0.29, 0.717) is 37.2 Å². The highest BCUT2D eigenvalue weighted by Gasteiger charge is 2.25. The number of nitrogens with zero attached hydrogens (tertiary/aromatic N) is 1. The molecule has 2 N–H and O–H groups in total. The van der Waals surface area contributed by atoms with Crippen LogP contribution in [0, 0.1) is 0 Å². The Bertz CT molecular complexity index is 921. The molecule has 0 atom stereocenters.